The number of likely N-dealkylation sites (N-methyl/N-ethyl adjacent to an activating group) is 1. The van der Waals surface area contributed by atoms with Gasteiger partial charge in [-0.1, -0.05) is 55.5 Å². The number of nitriles is 1. The van der Waals surface area contributed by atoms with E-state index in [0.717, 1.165) is 11.1 Å². The standard InChI is InChI=1S/C19H18N2O/c1-19(12-13-20)16-11-7-6-10-15(16)18(22)21(2)17(19)14-8-4-3-5-9-14/h3-11,17H,12H2,1-2H3/t17-,19-/m1/s1. The number of fused-ring (bicyclic) bond motifs is 1. The Kier molecular flexibility index (Phi) is 3.46. The molecule has 0 aliphatic carbocycles. The number of amides is 1. The van der Waals surface area contributed by atoms with Crippen LogP contribution in [0.5, 0.6) is 0 Å². The van der Waals surface area contributed by atoms with Crippen LogP contribution in [0.1, 0.15) is 40.9 Å². The van der Waals surface area contributed by atoms with Crippen LogP contribution < -0.4 is 0 Å². The highest BCUT2D eigenvalue weighted by Crippen LogP contribution is 2.48. The number of hydrogen-bond donors (Lipinski definition) is 0. The lowest BCUT2D eigenvalue weighted by Crippen LogP contribution is -2.48. The molecule has 0 aromatic heterocycles. The molecule has 2 aromatic carbocycles. The van der Waals surface area contributed by atoms with Crippen molar-refractivity contribution in [3.63, 3.8) is 0 Å². The molecule has 3 rings (SSSR count). The molecule has 2 atom stereocenters. The van der Waals surface area contributed by atoms with E-state index in [9.17, 15) is 10.1 Å². The molecule has 1 amide bonds. The lowest BCUT2D eigenvalue weighted by atomic mass is 9.67. The van der Waals surface area contributed by atoms with Gasteiger partial charge in [0.1, 0.15) is 0 Å². The van der Waals surface area contributed by atoms with E-state index in [4.69, 9.17) is 0 Å². The minimum Gasteiger partial charge on any atom is -0.334 e. The molecule has 2 aromatic rings. The molecule has 3 nitrogen and oxygen atoms in total. The van der Waals surface area contributed by atoms with Gasteiger partial charge in [0, 0.05) is 24.4 Å². The summed E-state index contributed by atoms with van der Waals surface area (Å²) in [5.41, 5.74) is 2.31. The molecule has 0 spiro atoms. The Morgan fingerprint density at radius 1 is 1.14 bits per heavy atom. The van der Waals surface area contributed by atoms with Crippen molar-refractivity contribution in [3.05, 3.63) is 71.3 Å². The maximum atomic E-state index is 12.7. The molecular weight excluding hydrogens is 272 g/mol. The van der Waals surface area contributed by atoms with E-state index in [1.54, 1.807) is 4.90 Å². The molecular formula is C19H18N2O. The van der Waals surface area contributed by atoms with Crippen LogP contribution in [0.3, 0.4) is 0 Å². The van der Waals surface area contributed by atoms with Crippen molar-refractivity contribution >= 4 is 5.91 Å². The van der Waals surface area contributed by atoms with Crippen LogP contribution in [-0.4, -0.2) is 17.9 Å². The second-order valence-corrected chi connectivity index (χ2v) is 6.03. The van der Waals surface area contributed by atoms with Crippen LogP contribution in [0.25, 0.3) is 0 Å². The molecule has 0 fully saturated rings. The molecule has 3 heteroatoms. The van der Waals surface area contributed by atoms with Crippen LogP contribution >= 0.6 is 0 Å². The minimum atomic E-state index is -0.421. The largest absolute Gasteiger partial charge is 0.334 e. The predicted octanol–water partition coefficient (Wildman–Crippen LogP) is 3.68. The third-order valence-corrected chi connectivity index (χ3v) is 4.65. The van der Waals surface area contributed by atoms with Crippen molar-refractivity contribution in [1.82, 2.24) is 4.90 Å². The number of nitrogens with zero attached hydrogens (tertiary/aromatic N) is 2. The summed E-state index contributed by atoms with van der Waals surface area (Å²) >= 11 is 0. The topological polar surface area (TPSA) is 44.1 Å². The lowest BCUT2D eigenvalue weighted by molar-refractivity contribution is 0.0593. The molecule has 0 bridgehead atoms. The third-order valence-electron chi connectivity index (χ3n) is 4.65. The highest BCUT2D eigenvalue weighted by molar-refractivity contribution is 5.97. The fourth-order valence-corrected chi connectivity index (χ4v) is 3.63. The summed E-state index contributed by atoms with van der Waals surface area (Å²) in [5, 5.41) is 9.37. The van der Waals surface area contributed by atoms with Gasteiger partial charge >= 0.3 is 0 Å². The smallest absolute Gasteiger partial charge is 0.254 e. The van der Waals surface area contributed by atoms with Gasteiger partial charge in [0.05, 0.1) is 12.1 Å². The van der Waals surface area contributed by atoms with E-state index in [2.05, 4.69) is 13.0 Å². The quantitative estimate of drug-likeness (QED) is 0.846. The van der Waals surface area contributed by atoms with Gasteiger partial charge in [-0.3, -0.25) is 4.79 Å². The first-order valence-corrected chi connectivity index (χ1v) is 7.38. The second-order valence-electron chi connectivity index (χ2n) is 6.03. The van der Waals surface area contributed by atoms with Crippen LogP contribution in [0.2, 0.25) is 0 Å². The molecule has 0 saturated carbocycles. The van der Waals surface area contributed by atoms with Gasteiger partial charge < -0.3 is 4.90 Å². The summed E-state index contributed by atoms with van der Waals surface area (Å²) in [7, 11) is 1.82. The molecule has 0 unspecified atom stereocenters. The van der Waals surface area contributed by atoms with Crippen molar-refractivity contribution in [2.45, 2.75) is 24.8 Å². The van der Waals surface area contributed by atoms with Gasteiger partial charge in [-0.15, -0.1) is 0 Å². The lowest BCUT2D eigenvalue weighted by Gasteiger charge is -2.47. The van der Waals surface area contributed by atoms with Gasteiger partial charge in [-0.2, -0.15) is 5.26 Å². The summed E-state index contributed by atoms with van der Waals surface area (Å²) in [4.78, 5) is 14.5. The van der Waals surface area contributed by atoms with Gasteiger partial charge in [-0.25, -0.2) is 0 Å². The molecule has 1 aliphatic rings. The summed E-state index contributed by atoms with van der Waals surface area (Å²) in [6, 6.07) is 19.8. The second kappa shape index (κ2) is 5.31. The zero-order valence-corrected chi connectivity index (χ0v) is 12.8. The molecule has 1 heterocycles. The average Bonchev–Trinajstić information content (AvgIpc) is 2.54. The van der Waals surface area contributed by atoms with E-state index < -0.39 is 5.41 Å². The number of rotatable bonds is 2. The van der Waals surface area contributed by atoms with Crippen molar-refractivity contribution in [2.24, 2.45) is 0 Å². The van der Waals surface area contributed by atoms with E-state index in [0.29, 0.717) is 12.0 Å². The fraction of sp³-hybridized carbons (Fsp3) is 0.263. The van der Waals surface area contributed by atoms with Crippen LogP contribution in [-0.2, 0) is 5.41 Å². The molecule has 22 heavy (non-hydrogen) atoms. The first kappa shape index (κ1) is 14.3. The van der Waals surface area contributed by atoms with Crippen LogP contribution in [0, 0.1) is 11.3 Å². The van der Waals surface area contributed by atoms with Crippen molar-refractivity contribution in [2.75, 3.05) is 7.05 Å². The Balaban J connectivity index is 2.25. The summed E-state index contributed by atoms with van der Waals surface area (Å²) < 4.78 is 0. The number of carbonyl (C=O) groups excluding carboxylic acids is 1. The Bertz CT molecular complexity index is 748. The summed E-state index contributed by atoms with van der Waals surface area (Å²) in [6.45, 7) is 2.08. The highest BCUT2D eigenvalue weighted by atomic mass is 16.2. The van der Waals surface area contributed by atoms with E-state index in [1.165, 1.54) is 0 Å². The first-order chi connectivity index (χ1) is 10.6. The van der Waals surface area contributed by atoms with E-state index >= 15 is 0 Å². The molecule has 0 N–H and O–H groups in total. The number of benzene rings is 2. The molecule has 0 saturated heterocycles. The molecule has 110 valence electrons. The predicted molar refractivity (Wildman–Crippen MR) is 85.3 cm³/mol. The average molecular weight is 290 g/mol. The Morgan fingerprint density at radius 2 is 1.77 bits per heavy atom. The van der Waals surface area contributed by atoms with Crippen LogP contribution in [0.4, 0.5) is 0 Å². The Labute approximate surface area is 130 Å². The van der Waals surface area contributed by atoms with E-state index in [1.807, 2.05) is 61.6 Å². The number of carbonyl (C=O) groups is 1. The maximum absolute atomic E-state index is 12.7. The zero-order valence-electron chi connectivity index (χ0n) is 12.8. The Morgan fingerprint density at radius 3 is 2.45 bits per heavy atom. The van der Waals surface area contributed by atoms with Gasteiger partial charge in [0.2, 0.25) is 0 Å². The fourth-order valence-electron chi connectivity index (χ4n) is 3.63. The monoisotopic (exact) mass is 290 g/mol. The van der Waals surface area contributed by atoms with Gasteiger partial charge in [0.25, 0.3) is 5.91 Å². The normalized spacial score (nSPS) is 23.8. The zero-order chi connectivity index (χ0) is 15.7. The van der Waals surface area contributed by atoms with Crippen molar-refractivity contribution < 1.29 is 4.79 Å². The van der Waals surface area contributed by atoms with E-state index in [-0.39, 0.29) is 11.9 Å². The van der Waals surface area contributed by atoms with Gasteiger partial charge in [0.15, 0.2) is 0 Å². The van der Waals surface area contributed by atoms with Crippen molar-refractivity contribution in [3.8, 4) is 6.07 Å². The van der Waals surface area contributed by atoms with Crippen molar-refractivity contribution in [1.29, 1.82) is 5.26 Å². The van der Waals surface area contributed by atoms with Crippen LogP contribution in [0.15, 0.2) is 54.6 Å². The maximum Gasteiger partial charge on any atom is 0.254 e. The summed E-state index contributed by atoms with van der Waals surface area (Å²) in [6.07, 6.45) is 0.362. The minimum absolute atomic E-state index is 0.0138. The van der Waals surface area contributed by atoms with Gasteiger partial charge in [-0.05, 0) is 17.2 Å². The molecule has 0 radical (unpaired) electrons. The SMILES string of the molecule is CN1C(=O)c2ccccc2[C@@](C)(CC#N)[C@H]1c1ccccc1. The first-order valence-electron chi connectivity index (χ1n) is 7.38. The Hall–Kier alpha value is -2.60. The molecule has 1 aliphatic heterocycles. The summed E-state index contributed by atoms with van der Waals surface area (Å²) in [5.74, 6) is 0.0138. The third kappa shape index (κ3) is 2.00. The highest BCUT2D eigenvalue weighted by Gasteiger charge is 2.47. The number of hydrogen-bond acceptors (Lipinski definition) is 2.